The molecule has 1 aromatic carbocycles. The number of nitrogens with zero attached hydrogens (tertiary/aromatic N) is 2. The molecular formula is C18H21ClN4O4. The number of nitrogens with one attached hydrogen (secondary N) is 2. The molecule has 1 aromatic heterocycles. The number of halogens is 1. The van der Waals surface area contributed by atoms with Gasteiger partial charge in [-0.1, -0.05) is 23.7 Å². The van der Waals surface area contributed by atoms with Crippen LogP contribution in [0.4, 0.5) is 0 Å². The predicted octanol–water partition coefficient (Wildman–Crippen LogP) is 1.71. The first-order chi connectivity index (χ1) is 13.1. The van der Waals surface area contributed by atoms with Gasteiger partial charge in [0.2, 0.25) is 0 Å². The highest BCUT2D eigenvalue weighted by atomic mass is 35.5. The molecule has 0 spiro atoms. The number of ether oxygens (including phenoxy) is 1. The third kappa shape index (κ3) is 4.85. The van der Waals surface area contributed by atoms with Crippen LogP contribution >= 0.6 is 11.6 Å². The van der Waals surface area contributed by atoms with Crippen LogP contribution in [0.15, 0.2) is 36.7 Å². The Morgan fingerprint density at radius 3 is 2.78 bits per heavy atom. The highest BCUT2D eigenvalue weighted by Gasteiger charge is 2.38. The molecule has 4 rings (SSSR count). The van der Waals surface area contributed by atoms with Crippen molar-refractivity contribution in [2.75, 3.05) is 19.7 Å². The largest absolute Gasteiger partial charge is 0.483 e. The van der Waals surface area contributed by atoms with E-state index in [-0.39, 0.29) is 24.5 Å². The van der Waals surface area contributed by atoms with Gasteiger partial charge in [0.25, 0.3) is 12.4 Å². The zero-order chi connectivity index (χ0) is 19.2. The molecule has 0 aliphatic carbocycles. The van der Waals surface area contributed by atoms with Crippen molar-refractivity contribution < 1.29 is 19.4 Å². The molecule has 3 N–H and O–H groups in total. The monoisotopic (exact) mass is 392 g/mol. The highest BCUT2D eigenvalue weighted by Crippen LogP contribution is 2.30. The summed E-state index contributed by atoms with van der Waals surface area (Å²) in [7, 11) is 0. The molecule has 0 bridgehead atoms. The quantitative estimate of drug-likeness (QED) is 0.686. The van der Waals surface area contributed by atoms with Gasteiger partial charge in [0, 0.05) is 36.4 Å². The summed E-state index contributed by atoms with van der Waals surface area (Å²) in [6, 6.07) is 8.32. The lowest BCUT2D eigenvalue weighted by molar-refractivity contribution is -0.122. The second-order valence-corrected chi connectivity index (χ2v) is 6.92. The van der Waals surface area contributed by atoms with Gasteiger partial charge in [-0.2, -0.15) is 5.10 Å². The Morgan fingerprint density at radius 2 is 2.11 bits per heavy atom. The summed E-state index contributed by atoms with van der Waals surface area (Å²) in [6.07, 6.45) is 4.12. The molecule has 3 atom stereocenters. The van der Waals surface area contributed by atoms with E-state index in [0.29, 0.717) is 18.2 Å². The normalized spacial score (nSPS) is 24.4. The average molecular weight is 393 g/mol. The number of hydrogen-bond donors (Lipinski definition) is 3. The number of carbonyl (C=O) groups excluding carboxylic acids is 1. The number of morpholine rings is 1. The fraction of sp³-hybridized carbons (Fsp3) is 0.389. The number of aromatic amines is 1. The standard InChI is InChI=1S/C17H19ClN4O2.CH2O2/c18-13-3-1-11(2-4-13)16-9-22-8-14(5-15(22)10-24-16)21-17(23)12-6-19-20-7-12;2-1-3/h1-4,6-7,14-16H,5,8-10H2,(H,19,20)(H,21,23);1H,(H,2,3)/t14-,15+,16-;/m1./s1. The van der Waals surface area contributed by atoms with E-state index in [0.717, 1.165) is 30.1 Å². The van der Waals surface area contributed by atoms with E-state index in [1.165, 1.54) is 6.20 Å². The molecule has 9 heteroatoms. The van der Waals surface area contributed by atoms with Crippen molar-refractivity contribution in [3.63, 3.8) is 0 Å². The molecule has 0 radical (unpaired) electrons. The van der Waals surface area contributed by atoms with E-state index >= 15 is 0 Å². The minimum Gasteiger partial charge on any atom is -0.483 e. The Hall–Kier alpha value is -2.42. The van der Waals surface area contributed by atoms with Crippen LogP contribution in [0.5, 0.6) is 0 Å². The molecule has 2 aromatic rings. The summed E-state index contributed by atoms with van der Waals surface area (Å²) in [6.45, 7) is 2.12. The summed E-state index contributed by atoms with van der Waals surface area (Å²) < 4.78 is 6.03. The van der Waals surface area contributed by atoms with Crippen LogP contribution in [0.3, 0.4) is 0 Å². The third-order valence-corrected chi connectivity index (χ3v) is 5.01. The van der Waals surface area contributed by atoms with Crippen LogP contribution in [0, 0.1) is 0 Å². The maximum Gasteiger partial charge on any atom is 0.290 e. The molecule has 27 heavy (non-hydrogen) atoms. The van der Waals surface area contributed by atoms with Crippen LogP contribution in [-0.2, 0) is 9.53 Å². The summed E-state index contributed by atoms with van der Waals surface area (Å²) in [5.74, 6) is -0.0798. The molecule has 3 heterocycles. The number of rotatable bonds is 3. The summed E-state index contributed by atoms with van der Waals surface area (Å²) >= 11 is 5.95. The number of aromatic nitrogens is 2. The van der Waals surface area contributed by atoms with Crippen molar-refractivity contribution in [1.29, 1.82) is 0 Å². The van der Waals surface area contributed by atoms with Gasteiger partial charge >= 0.3 is 0 Å². The Bertz CT molecular complexity index is 753. The Balaban J connectivity index is 0.000000659. The van der Waals surface area contributed by atoms with Crippen molar-refractivity contribution in [3.8, 4) is 0 Å². The van der Waals surface area contributed by atoms with Crippen molar-refractivity contribution in [2.45, 2.75) is 24.6 Å². The summed E-state index contributed by atoms with van der Waals surface area (Å²) in [5.41, 5.74) is 1.71. The number of benzene rings is 1. The lowest BCUT2D eigenvalue weighted by atomic mass is 10.1. The minimum atomic E-state index is -0.250. The third-order valence-electron chi connectivity index (χ3n) is 4.76. The van der Waals surface area contributed by atoms with Gasteiger partial charge in [-0.05, 0) is 24.1 Å². The fourth-order valence-electron chi connectivity index (χ4n) is 3.50. The molecule has 1 amide bonds. The van der Waals surface area contributed by atoms with Gasteiger partial charge in [0.15, 0.2) is 0 Å². The van der Waals surface area contributed by atoms with E-state index in [9.17, 15) is 4.79 Å². The Kier molecular flexibility index (Phi) is 6.44. The van der Waals surface area contributed by atoms with Crippen LogP contribution < -0.4 is 5.32 Å². The van der Waals surface area contributed by atoms with Crippen molar-refractivity contribution in [1.82, 2.24) is 20.4 Å². The maximum absolute atomic E-state index is 12.2. The molecule has 8 nitrogen and oxygen atoms in total. The number of carbonyl (C=O) groups is 2. The topological polar surface area (TPSA) is 108 Å². The van der Waals surface area contributed by atoms with Gasteiger partial charge < -0.3 is 15.2 Å². The Labute approximate surface area is 161 Å². The first-order valence-corrected chi connectivity index (χ1v) is 8.97. The van der Waals surface area contributed by atoms with Gasteiger partial charge in [-0.3, -0.25) is 19.6 Å². The molecule has 2 fully saturated rings. The van der Waals surface area contributed by atoms with Crippen molar-refractivity contribution in [2.24, 2.45) is 0 Å². The number of hydrogen-bond acceptors (Lipinski definition) is 5. The van der Waals surface area contributed by atoms with E-state index in [4.69, 9.17) is 26.2 Å². The highest BCUT2D eigenvalue weighted by molar-refractivity contribution is 6.30. The number of amides is 1. The fourth-order valence-corrected chi connectivity index (χ4v) is 3.63. The number of fused-ring (bicyclic) bond motifs is 1. The van der Waals surface area contributed by atoms with Crippen LogP contribution in [0.25, 0.3) is 0 Å². The number of carboxylic acid groups (broad SMARTS) is 1. The molecule has 2 aliphatic rings. The molecule has 0 unspecified atom stereocenters. The van der Waals surface area contributed by atoms with E-state index in [1.54, 1.807) is 6.20 Å². The van der Waals surface area contributed by atoms with Gasteiger partial charge in [-0.25, -0.2) is 0 Å². The Morgan fingerprint density at radius 1 is 1.37 bits per heavy atom. The van der Waals surface area contributed by atoms with Crippen LogP contribution in [-0.4, -0.2) is 64.4 Å². The molecule has 144 valence electrons. The second-order valence-electron chi connectivity index (χ2n) is 6.48. The predicted molar refractivity (Wildman–Crippen MR) is 98.7 cm³/mol. The first-order valence-electron chi connectivity index (χ1n) is 8.59. The molecule has 2 aliphatic heterocycles. The van der Waals surface area contributed by atoms with E-state index in [2.05, 4.69) is 20.4 Å². The van der Waals surface area contributed by atoms with Crippen LogP contribution in [0.2, 0.25) is 5.02 Å². The maximum atomic E-state index is 12.2. The van der Waals surface area contributed by atoms with Gasteiger partial charge in [-0.15, -0.1) is 0 Å². The zero-order valence-corrected chi connectivity index (χ0v) is 15.3. The van der Waals surface area contributed by atoms with Crippen molar-refractivity contribution in [3.05, 3.63) is 52.8 Å². The minimum absolute atomic E-state index is 0.0573. The molecule has 2 saturated heterocycles. The van der Waals surface area contributed by atoms with Gasteiger partial charge in [0.05, 0.1) is 24.5 Å². The SMILES string of the molecule is O=C(N[C@@H]1C[C@H]2CO[C@@H](c3ccc(Cl)cc3)CN2C1)c1cn[nH]c1.O=CO. The zero-order valence-electron chi connectivity index (χ0n) is 14.5. The van der Waals surface area contributed by atoms with Gasteiger partial charge in [0.1, 0.15) is 0 Å². The molecular weight excluding hydrogens is 372 g/mol. The van der Waals surface area contributed by atoms with Crippen molar-refractivity contribution >= 4 is 24.0 Å². The first kappa shape index (κ1) is 19.3. The second kappa shape index (κ2) is 8.98. The average Bonchev–Trinajstić information content (AvgIpc) is 3.32. The molecule has 0 saturated carbocycles. The lowest BCUT2D eigenvalue weighted by Gasteiger charge is -2.35. The van der Waals surface area contributed by atoms with Crippen LogP contribution in [0.1, 0.15) is 28.4 Å². The smallest absolute Gasteiger partial charge is 0.290 e. The van der Waals surface area contributed by atoms with E-state index < -0.39 is 0 Å². The van der Waals surface area contributed by atoms with E-state index in [1.807, 2.05) is 24.3 Å². The summed E-state index contributed by atoms with van der Waals surface area (Å²) in [5, 5.41) is 17.2. The summed E-state index contributed by atoms with van der Waals surface area (Å²) in [4.78, 5) is 22.9. The lowest BCUT2D eigenvalue weighted by Crippen LogP contribution is -2.43. The number of H-pyrrole nitrogens is 1.